The Bertz CT molecular complexity index is 207. The van der Waals surface area contributed by atoms with Crippen LogP contribution in [-0.4, -0.2) is 47.2 Å². The van der Waals surface area contributed by atoms with E-state index in [0.29, 0.717) is 0 Å². The van der Waals surface area contributed by atoms with E-state index in [1.54, 1.807) is 6.92 Å². The Kier molecular flexibility index (Phi) is 2.06. The molecule has 1 N–H and O–H groups in total. The zero-order valence-corrected chi connectivity index (χ0v) is 7.31. The highest BCUT2D eigenvalue weighted by atomic mass is 16.3. The number of urea groups is 1. The van der Waals surface area contributed by atoms with E-state index in [1.807, 2.05) is 0 Å². The van der Waals surface area contributed by atoms with Crippen molar-refractivity contribution in [1.82, 2.24) is 9.80 Å². The zero-order valence-electron chi connectivity index (χ0n) is 7.31. The van der Waals surface area contributed by atoms with Crippen molar-refractivity contribution in [3.05, 3.63) is 0 Å². The molecule has 2 atom stereocenters. The van der Waals surface area contributed by atoms with Crippen LogP contribution in [0.1, 0.15) is 6.92 Å². The summed E-state index contributed by atoms with van der Waals surface area (Å²) in [6.45, 7) is 1.59. The summed E-state index contributed by atoms with van der Waals surface area (Å²) in [5.74, 6) is -0.886. The van der Waals surface area contributed by atoms with Crippen molar-refractivity contribution in [2.45, 2.75) is 13.2 Å². The average molecular weight is 172 g/mol. The van der Waals surface area contributed by atoms with E-state index in [9.17, 15) is 14.7 Å². The second kappa shape index (κ2) is 2.75. The van der Waals surface area contributed by atoms with Crippen molar-refractivity contribution < 1.29 is 14.7 Å². The third-order valence-corrected chi connectivity index (χ3v) is 2.15. The number of aliphatic hydroxyl groups is 1. The van der Waals surface area contributed by atoms with Gasteiger partial charge in [-0.05, 0) is 6.92 Å². The van der Waals surface area contributed by atoms with Crippen LogP contribution in [0.5, 0.6) is 0 Å². The van der Waals surface area contributed by atoms with Gasteiger partial charge < -0.3 is 10.0 Å². The number of hydrogen-bond donors (Lipinski definition) is 1. The molecule has 5 nitrogen and oxygen atoms in total. The fourth-order valence-electron chi connectivity index (χ4n) is 1.21. The van der Waals surface area contributed by atoms with Crippen LogP contribution in [0.3, 0.4) is 0 Å². The Labute approximate surface area is 70.6 Å². The molecule has 3 amide bonds. The maximum Gasteiger partial charge on any atom is 0.328 e. The van der Waals surface area contributed by atoms with Gasteiger partial charge in [-0.15, -0.1) is 0 Å². The highest BCUT2D eigenvalue weighted by Crippen LogP contribution is 2.17. The Morgan fingerprint density at radius 2 is 1.83 bits per heavy atom. The highest BCUT2D eigenvalue weighted by Gasteiger charge is 2.39. The van der Waals surface area contributed by atoms with Gasteiger partial charge in [0.2, 0.25) is 5.91 Å². The third kappa shape index (κ3) is 1.06. The lowest BCUT2D eigenvalue weighted by Crippen LogP contribution is -2.58. The van der Waals surface area contributed by atoms with Gasteiger partial charge in [-0.3, -0.25) is 9.69 Å². The molecule has 0 bridgehead atoms. The third-order valence-electron chi connectivity index (χ3n) is 2.15. The first-order valence-corrected chi connectivity index (χ1v) is 3.69. The summed E-state index contributed by atoms with van der Waals surface area (Å²) in [6, 6.07) is -0.467. The van der Waals surface area contributed by atoms with E-state index in [2.05, 4.69) is 0 Å². The normalized spacial score (nSPS) is 31.3. The summed E-state index contributed by atoms with van der Waals surface area (Å²) in [5.41, 5.74) is 0. The van der Waals surface area contributed by atoms with E-state index in [0.717, 1.165) is 9.80 Å². The smallest absolute Gasteiger partial charge is 0.328 e. The Balaban J connectivity index is 2.91. The second-order valence-corrected chi connectivity index (χ2v) is 2.99. The van der Waals surface area contributed by atoms with Crippen LogP contribution in [0.2, 0.25) is 0 Å². The number of amides is 3. The summed E-state index contributed by atoms with van der Waals surface area (Å²) < 4.78 is 0. The fourth-order valence-corrected chi connectivity index (χ4v) is 1.21. The summed E-state index contributed by atoms with van der Waals surface area (Å²) in [5, 5.41) is 9.36. The minimum absolute atomic E-state index is 0.342. The van der Waals surface area contributed by atoms with E-state index < -0.39 is 18.2 Å². The first-order valence-electron chi connectivity index (χ1n) is 3.69. The summed E-state index contributed by atoms with van der Waals surface area (Å²) in [6.07, 6.45) is -0.999. The van der Waals surface area contributed by atoms with E-state index in [-0.39, 0.29) is 5.91 Å². The largest absolute Gasteiger partial charge is 0.373 e. The van der Waals surface area contributed by atoms with Crippen molar-refractivity contribution in [3.63, 3.8) is 0 Å². The van der Waals surface area contributed by atoms with Gasteiger partial charge in [0.05, 0.1) is 5.92 Å². The number of imide groups is 1. The predicted octanol–water partition coefficient (Wildman–Crippen LogP) is -0.535. The number of hydrogen-bond acceptors (Lipinski definition) is 3. The molecule has 1 fully saturated rings. The van der Waals surface area contributed by atoms with Gasteiger partial charge in [0, 0.05) is 14.1 Å². The van der Waals surface area contributed by atoms with Crippen LogP contribution in [0.25, 0.3) is 0 Å². The van der Waals surface area contributed by atoms with E-state index in [1.165, 1.54) is 14.1 Å². The first kappa shape index (κ1) is 8.99. The number of rotatable bonds is 0. The predicted molar refractivity (Wildman–Crippen MR) is 41.1 cm³/mol. The van der Waals surface area contributed by atoms with Crippen molar-refractivity contribution in [1.29, 1.82) is 0 Å². The molecule has 1 saturated heterocycles. The zero-order chi connectivity index (χ0) is 9.46. The lowest BCUT2D eigenvalue weighted by molar-refractivity contribution is -0.144. The Hall–Kier alpha value is -1.10. The van der Waals surface area contributed by atoms with Gasteiger partial charge in [0.15, 0.2) is 0 Å². The monoisotopic (exact) mass is 172 g/mol. The van der Waals surface area contributed by atoms with Gasteiger partial charge in [-0.25, -0.2) is 4.79 Å². The second-order valence-electron chi connectivity index (χ2n) is 2.99. The van der Waals surface area contributed by atoms with E-state index >= 15 is 0 Å². The number of carbonyl (C=O) groups is 2. The molecule has 1 heterocycles. The number of aliphatic hydroxyl groups excluding tert-OH is 1. The van der Waals surface area contributed by atoms with Crippen LogP contribution in [0.4, 0.5) is 4.79 Å². The first-order chi connectivity index (χ1) is 5.46. The van der Waals surface area contributed by atoms with E-state index in [4.69, 9.17) is 0 Å². The molecule has 0 aromatic rings. The van der Waals surface area contributed by atoms with Crippen LogP contribution < -0.4 is 0 Å². The molecule has 0 spiro atoms. The lowest BCUT2D eigenvalue weighted by Gasteiger charge is -2.37. The molecule has 1 aliphatic rings. The summed E-state index contributed by atoms with van der Waals surface area (Å²) >= 11 is 0. The molecule has 1 rings (SSSR count). The molecule has 0 aromatic carbocycles. The molecule has 1 aliphatic heterocycles. The van der Waals surface area contributed by atoms with Crippen molar-refractivity contribution >= 4 is 11.9 Å². The minimum Gasteiger partial charge on any atom is -0.373 e. The highest BCUT2D eigenvalue weighted by molar-refractivity contribution is 5.97. The molecule has 5 heteroatoms. The number of nitrogens with zero attached hydrogens (tertiary/aromatic N) is 2. The van der Waals surface area contributed by atoms with Crippen molar-refractivity contribution in [2.75, 3.05) is 14.1 Å². The average Bonchev–Trinajstić information content (AvgIpc) is 2.08. The Morgan fingerprint density at radius 1 is 1.33 bits per heavy atom. The van der Waals surface area contributed by atoms with Crippen LogP contribution in [0.15, 0.2) is 0 Å². The molecular formula is C7H12N2O3. The molecule has 68 valence electrons. The van der Waals surface area contributed by atoms with Gasteiger partial charge in [-0.2, -0.15) is 0 Å². The van der Waals surface area contributed by atoms with Crippen molar-refractivity contribution in [3.8, 4) is 0 Å². The van der Waals surface area contributed by atoms with Crippen molar-refractivity contribution in [2.24, 2.45) is 5.92 Å². The maximum absolute atomic E-state index is 11.2. The fraction of sp³-hybridized carbons (Fsp3) is 0.714. The molecule has 0 aliphatic carbocycles. The summed E-state index contributed by atoms with van der Waals surface area (Å²) in [7, 11) is 2.87. The maximum atomic E-state index is 11.2. The lowest BCUT2D eigenvalue weighted by atomic mass is 10.1. The van der Waals surface area contributed by atoms with Crippen LogP contribution >= 0.6 is 0 Å². The molecule has 0 unspecified atom stereocenters. The molecular weight excluding hydrogens is 160 g/mol. The summed E-state index contributed by atoms with van der Waals surface area (Å²) in [4.78, 5) is 24.5. The Morgan fingerprint density at radius 3 is 2.33 bits per heavy atom. The van der Waals surface area contributed by atoms with Crippen LogP contribution in [-0.2, 0) is 4.79 Å². The molecule has 0 saturated carbocycles. The topological polar surface area (TPSA) is 60.9 Å². The van der Waals surface area contributed by atoms with Crippen LogP contribution in [0, 0.1) is 5.92 Å². The molecule has 0 radical (unpaired) electrons. The minimum atomic E-state index is -0.999. The SMILES string of the molecule is C[C@H]1C(=O)N(C)C(=O)N(C)[C@@H]1O. The quantitative estimate of drug-likeness (QED) is 0.534. The molecule has 12 heavy (non-hydrogen) atoms. The molecule has 0 aromatic heterocycles. The standard InChI is InChI=1S/C7H12N2O3/c1-4-5(10)8(2)7(12)9(3)6(4)11/h4-5,10H,1-3H3/t4-,5-/m1/s1. The van der Waals surface area contributed by atoms with Gasteiger partial charge in [0.1, 0.15) is 6.23 Å². The number of carbonyl (C=O) groups excluding carboxylic acids is 2. The van der Waals surface area contributed by atoms with Gasteiger partial charge in [0.25, 0.3) is 0 Å². The van der Waals surface area contributed by atoms with Gasteiger partial charge in [-0.1, -0.05) is 0 Å². The van der Waals surface area contributed by atoms with Gasteiger partial charge >= 0.3 is 6.03 Å².